The van der Waals surface area contributed by atoms with Gasteiger partial charge in [0.15, 0.2) is 6.61 Å². The number of pyridine rings is 1. The van der Waals surface area contributed by atoms with Gasteiger partial charge < -0.3 is 15.4 Å². The molecule has 2 aromatic rings. The van der Waals surface area contributed by atoms with Gasteiger partial charge in [-0.3, -0.25) is 4.79 Å². The Morgan fingerprint density at radius 3 is 2.52 bits per heavy atom. The molecule has 1 unspecified atom stereocenters. The van der Waals surface area contributed by atoms with E-state index in [0.29, 0.717) is 11.4 Å². The summed E-state index contributed by atoms with van der Waals surface area (Å²) in [6.07, 6.45) is -2.85. The third-order valence-corrected chi connectivity index (χ3v) is 3.41. The SMILES string of the molecule is CNc1cc(C(=O)NC(C)c2ccc(OCC(F)(F)F)cc2)ccn1. The number of benzene rings is 1. The first-order valence-corrected chi connectivity index (χ1v) is 7.52. The number of anilines is 1. The molecule has 2 rings (SSSR count). The fourth-order valence-corrected chi connectivity index (χ4v) is 2.09. The maximum atomic E-state index is 12.3. The van der Waals surface area contributed by atoms with Crippen molar-refractivity contribution in [3.8, 4) is 5.75 Å². The molecular weight excluding hydrogens is 335 g/mol. The van der Waals surface area contributed by atoms with Crippen LogP contribution in [0.4, 0.5) is 19.0 Å². The van der Waals surface area contributed by atoms with Gasteiger partial charge in [-0.15, -0.1) is 0 Å². The number of carbonyl (C=O) groups excluding carboxylic acids is 1. The van der Waals surface area contributed by atoms with Crippen LogP contribution < -0.4 is 15.4 Å². The van der Waals surface area contributed by atoms with E-state index in [1.807, 2.05) is 0 Å². The van der Waals surface area contributed by atoms with Crippen LogP contribution in [0, 0.1) is 0 Å². The van der Waals surface area contributed by atoms with E-state index in [9.17, 15) is 18.0 Å². The summed E-state index contributed by atoms with van der Waals surface area (Å²) in [5, 5.41) is 5.68. The Hall–Kier alpha value is -2.77. The van der Waals surface area contributed by atoms with Crippen LogP contribution in [0.2, 0.25) is 0 Å². The lowest BCUT2D eigenvalue weighted by Crippen LogP contribution is -2.26. The molecular formula is C17H18F3N3O2. The molecule has 0 spiro atoms. The minimum atomic E-state index is -4.38. The van der Waals surface area contributed by atoms with Crippen molar-refractivity contribution < 1.29 is 22.7 Å². The molecule has 0 aliphatic heterocycles. The molecule has 2 N–H and O–H groups in total. The molecule has 0 saturated carbocycles. The Morgan fingerprint density at radius 1 is 1.24 bits per heavy atom. The number of carbonyl (C=O) groups is 1. The van der Waals surface area contributed by atoms with Crippen LogP contribution in [0.1, 0.15) is 28.9 Å². The molecule has 8 heteroatoms. The molecule has 25 heavy (non-hydrogen) atoms. The van der Waals surface area contributed by atoms with E-state index >= 15 is 0 Å². The van der Waals surface area contributed by atoms with E-state index in [1.165, 1.54) is 18.3 Å². The van der Waals surface area contributed by atoms with Crippen LogP contribution in [0.25, 0.3) is 0 Å². The lowest BCUT2D eigenvalue weighted by molar-refractivity contribution is -0.153. The molecule has 1 aromatic heterocycles. The normalized spacial score (nSPS) is 12.4. The van der Waals surface area contributed by atoms with Gasteiger partial charge in [0, 0.05) is 18.8 Å². The summed E-state index contributed by atoms with van der Waals surface area (Å²) < 4.78 is 41.0. The average molecular weight is 353 g/mol. The van der Waals surface area contributed by atoms with Crippen LogP contribution in [0.5, 0.6) is 5.75 Å². The van der Waals surface area contributed by atoms with Crippen molar-refractivity contribution in [2.24, 2.45) is 0 Å². The lowest BCUT2D eigenvalue weighted by Gasteiger charge is -2.15. The third-order valence-electron chi connectivity index (χ3n) is 3.41. The molecule has 1 heterocycles. The zero-order chi connectivity index (χ0) is 18.4. The zero-order valence-electron chi connectivity index (χ0n) is 13.7. The number of halogens is 3. The topological polar surface area (TPSA) is 63.2 Å². The van der Waals surface area contributed by atoms with Crippen LogP contribution >= 0.6 is 0 Å². The number of nitrogens with one attached hydrogen (secondary N) is 2. The predicted molar refractivity (Wildman–Crippen MR) is 87.7 cm³/mol. The first-order valence-electron chi connectivity index (χ1n) is 7.52. The van der Waals surface area contributed by atoms with Crippen molar-refractivity contribution in [1.29, 1.82) is 0 Å². The summed E-state index contributed by atoms with van der Waals surface area (Å²) in [5.41, 5.74) is 1.20. The van der Waals surface area contributed by atoms with E-state index in [0.717, 1.165) is 5.56 Å². The largest absolute Gasteiger partial charge is 0.484 e. The molecule has 5 nitrogen and oxygen atoms in total. The number of alkyl halides is 3. The van der Waals surface area contributed by atoms with Crippen molar-refractivity contribution in [1.82, 2.24) is 10.3 Å². The van der Waals surface area contributed by atoms with E-state index in [-0.39, 0.29) is 17.7 Å². The van der Waals surface area contributed by atoms with E-state index in [2.05, 4.69) is 20.4 Å². The first-order chi connectivity index (χ1) is 11.8. The predicted octanol–water partition coefficient (Wildman–Crippen LogP) is 3.56. The molecule has 0 aliphatic carbocycles. The monoisotopic (exact) mass is 353 g/mol. The quantitative estimate of drug-likeness (QED) is 0.834. The lowest BCUT2D eigenvalue weighted by atomic mass is 10.1. The van der Waals surface area contributed by atoms with Gasteiger partial charge in [-0.2, -0.15) is 13.2 Å². The Bertz CT molecular complexity index is 718. The second-order valence-corrected chi connectivity index (χ2v) is 5.35. The van der Waals surface area contributed by atoms with Crippen LogP contribution in [0.3, 0.4) is 0 Å². The standard InChI is InChI=1S/C17H18F3N3O2/c1-11(23-16(24)13-7-8-22-15(9-13)21-2)12-3-5-14(6-4-12)25-10-17(18,19)20/h3-9,11H,10H2,1-2H3,(H,21,22)(H,23,24). The Morgan fingerprint density at radius 2 is 1.92 bits per heavy atom. The van der Waals surface area contributed by atoms with Crippen molar-refractivity contribution in [2.75, 3.05) is 19.0 Å². The van der Waals surface area contributed by atoms with Gasteiger partial charge in [-0.1, -0.05) is 12.1 Å². The molecule has 0 aliphatic rings. The van der Waals surface area contributed by atoms with Gasteiger partial charge in [0.1, 0.15) is 11.6 Å². The molecule has 0 fully saturated rings. The summed E-state index contributed by atoms with van der Waals surface area (Å²) in [5.74, 6) is 0.419. The smallest absolute Gasteiger partial charge is 0.422 e. The first kappa shape index (κ1) is 18.6. The van der Waals surface area contributed by atoms with Crippen molar-refractivity contribution in [3.63, 3.8) is 0 Å². The highest BCUT2D eigenvalue weighted by Crippen LogP contribution is 2.21. The number of ether oxygens (including phenoxy) is 1. The summed E-state index contributed by atoms with van der Waals surface area (Å²) in [6.45, 7) is 0.443. The van der Waals surface area contributed by atoms with Gasteiger partial charge in [0.05, 0.1) is 6.04 Å². The molecule has 0 radical (unpaired) electrons. The van der Waals surface area contributed by atoms with Crippen molar-refractivity contribution in [2.45, 2.75) is 19.1 Å². The minimum Gasteiger partial charge on any atom is -0.484 e. The number of rotatable bonds is 6. The molecule has 1 aromatic carbocycles. The summed E-state index contributed by atoms with van der Waals surface area (Å²) >= 11 is 0. The summed E-state index contributed by atoms with van der Waals surface area (Å²) in [6, 6.07) is 9.00. The van der Waals surface area contributed by atoms with Crippen LogP contribution in [-0.2, 0) is 0 Å². The third kappa shape index (κ3) is 5.66. The van der Waals surface area contributed by atoms with Gasteiger partial charge >= 0.3 is 6.18 Å². The number of hydrogen-bond donors (Lipinski definition) is 2. The highest BCUT2D eigenvalue weighted by molar-refractivity contribution is 5.95. The Labute approximate surface area is 143 Å². The average Bonchev–Trinajstić information content (AvgIpc) is 2.59. The van der Waals surface area contributed by atoms with Crippen molar-refractivity contribution in [3.05, 3.63) is 53.7 Å². The molecule has 1 amide bonds. The summed E-state index contributed by atoms with van der Waals surface area (Å²) in [4.78, 5) is 16.3. The number of hydrogen-bond acceptors (Lipinski definition) is 4. The fraction of sp³-hybridized carbons (Fsp3) is 0.294. The zero-order valence-corrected chi connectivity index (χ0v) is 13.7. The Kier molecular flexibility index (Phi) is 5.84. The molecule has 134 valence electrons. The fourth-order valence-electron chi connectivity index (χ4n) is 2.09. The van der Waals surface area contributed by atoms with E-state index < -0.39 is 12.8 Å². The maximum absolute atomic E-state index is 12.3. The van der Waals surface area contributed by atoms with Crippen LogP contribution in [0.15, 0.2) is 42.6 Å². The second kappa shape index (κ2) is 7.87. The van der Waals surface area contributed by atoms with Gasteiger partial charge in [-0.05, 0) is 36.8 Å². The maximum Gasteiger partial charge on any atom is 0.422 e. The highest BCUT2D eigenvalue weighted by Gasteiger charge is 2.28. The second-order valence-electron chi connectivity index (χ2n) is 5.35. The summed E-state index contributed by atoms with van der Waals surface area (Å²) in [7, 11) is 1.70. The van der Waals surface area contributed by atoms with Gasteiger partial charge in [-0.25, -0.2) is 4.98 Å². The number of nitrogens with zero attached hydrogens (tertiary/aromatic N) is 1. The molecule has 0 bridgehead atoms. The van der Waals surface area contributed by atoms with Crippen molar-refractivity contribution >= 4 is 11.7 Å². The Balaban J connectivity index is 1.98. The van der Waals surface area contributed by atoms with E-state index in [4.69, 9.17) is 0 Å². The van der Waals surface area contributed by atoms with E-state index in [1.54, 1.807) is 38.2 Å². The number of amides is 1. The number of aromatic nitrogens is 1. The van der Waals surface area contributed by atoms with Crippen LogP contribution in [-0.4, -0.2) is 30.7 Å². The molecule has 0 saturated heterocycles. The highest BCUT2D eigenvalue weighted by atomic mass is 19.4. The molecule has 1 atom stereocenters. The minimum absolute atomic E-state index is 0.118. The van der Waals surface area contributed by atoms with Gasteiger partial charge in [0.25, 0.3) is 5.91 Å². The van der Waals surface area contributed by atoms with Gasteiger partial charge in [0.2, 0.25) is 0 Å².